The van der Waals surface area contributed by atoms with E-state index in [0.717, 1.165) is 17.3 Å². The molecular formula is C10H13N3O. The van der Waals surface area contributed by atoms with Crippen molar-refractivity contribution < 1.29 is 4.84 Å². The van der Waals surface area contributed by atoms with Gasteiger partial charge in [-0.2, -0.15) is 5.10 Å². The molecule has 0 radical (unpaired) electrons. The van der Waals surface area contributed by atoms with Crippen molar-refractivity contribution in [1.82, 2.24) is 9.78 Å². The maximum Gasteiger partial charge on any atom is 0.0719 e. The van der Waals surface area contributed by atoms with Crippen LogP contribution in [-0.2, 0) is 18.3 Å². The van der Waals surface area contributed by atoms with Crippen LogP contribution in [0.3, 0.4) is 0 Å². The first-order valence-electron chi connectivity index (χ1n) is 4.53. The monoisotopic (exact) mass is 191 g/mol. The van der Waals surface area contributed by atoms with Crippen LogP contribution in [0.1, 0.15) is 5.56 Å². The molecule has 0 amide bonds. The Kier molecular flexibility index (Phi) is 2.47. The third-order valence-electron chi connectivity index (χ3n) is 2.32. The van der Waals surface area contributed by atoms with Crippen LogP contribution in [0.25, 0.3) is 10.9 Å². The maximum absolute atomic E-state index is 4.98. The summed E-state index contributed by atoms with van der Waals surface area (Å²) in [6.45, 7) is 0.545. The van der Waals surface area contributed by atoms with Crippen LogP contribution in [0, 0.1) is 0 Å². The van der Waals surface area contributed by atoms with Crippen LogP contribution >= 0.6 is 0 Å². The van der Waals surface area contributed by atoms with E-state index in [1.54, 1.807) is 0 Å². The molecule has 0 saturated carbocycles. The first-order chi connectivity index (χ1) is 6.81. The number of hydrogen-bond donors (Lipinski definition) is 1. The van der Waals surface area contributed by atoms with Gasteiger partial charge in [-0.3, -0.25) is 4.68 Å². The largest absolute Gasteiger partial charge is 0.304 e. The van der Waals surface area contributed by atoms with Gasteiger partial charge in [0, 0.05) is 12.4 Å². The quantitative estimate of drug-likeness (QED) is 0.736. The summed E-state index contributed by atoms with van der Waals surface area (Å²) >= 11 is 0. The Morgan fingerprint density at radius 1 is 1.50 bits per heavy atom. The lowest BCUT2D eigenvalue weighted by atomic mass is 10.1. The SMILES string of the molecule is Cn1ncc2ccc(CCON)cc21. The van der Waals surface area contributed by atoms with E-state index in [2.05, 4.69) is 28.1 Å². The molecule has 2 rings (SSSR count). The van der Waals surface area contributed by atoms with Gasteiger partial charge >= 0.3 is 0 Å². The zero-order valence-electron chi connectivity index (χ0n) is 8.10. The van der Waals surface area contributed by atoms with Crippen LogP contribution in [0.15, 0.2) is 24.4 Å². The number of rotatable bonds is 3. The molecule has 74 valence electrons. The van der Waals surface area contributed by atoms with E-state index >= 15 is 0 Å². The number of aromatic nitrogens is 2. The highest BCUT2D eigenvalue weighted by molar-refractivity contribution is 5.79. The minimum absolute atomic E-state index is 0.545. The molecule has 0 aliphatic rings. The summed E-state index contributed by atoms with van der Waals surface area (Å²) in [5, 5.41) is 5.34. The first kappa shape index (κ1) is 9.18. The van der Waals surface area contributed by atoms with Gasteiger partial charge in [-0.1, -0.05) is 12.1 Å². The Hall–Kier alpha value is -1.39. The van der Waals surface area contributed by atoms with E-state index in [0.29, 0.717) is 6.61 Å². The summed E-state index contributed by atoms with van der Waals surface area (Å²) in [5.74, 6) is 4.98. The van der Waals surface area contributed by atoms with E-state index in [-0.39, 0.29) is 0 Å². The van der Waals surface area contributed by atoms with Crippen molar-refractivity contribution in [3.63, 3.8) is 0 Å². The van der Waals surface area contributed by atoms with E-state index in [9.17, 15) is 0 Å². The minimum Gasteiger partial charge on any atom is -0.304 e. The molecule has 0 spiro atoms. The average molecular weight is 191 g/mol. The molecule has 14 heavy (non-hydrogen) atoms. The molecule has 0 atom stereocenters. The van der Waals surface area contributed by atoms with Crippen LogP contribution < -0.4 is 5.90 Å². The lowest BCUT2D eigenvalue weighted by Crippen LogP contribution is -2.03. The number of benzene rings is 1. The van der Waals surface area contributed by atoms with Crippen molar-refractivity contribution in [3.8, 4) is 0 Å². The summed E-state index contributed by atoms with van der Waals surface area (Å²) in [6.07, 6.45) is 2.69. The standard InChI is InChI=1S/C10H13N3O/c1-13-10-6-8(4-5-14-11)2-3-9(10)7-12-13/h2-3,6-7H,4-5,11H2,1H3. The third-order valence-corrected chi connectivity index (χ3v) is 2.32. The molecule has 2 aromatic rings. The molecule has 0 aliphatic carbocycles. The summed E-state index contributed by atoms with van der Waals surface area (Å²) in [6, 6.07) is 6.25. The van der Waals surface area contributed by atoms with Crippen molar-refractivity contribution in [2.75, 3.05) is 6.61 Å². The fraction of sp³-hybridized carbons (Fsp3) is 0.300. The molecule has 0 saturated heterocycles. The van der Waals surface area contributed by atoms with E-state index in [1.807, 2.05) is 17.9 Å². The number of hydrogen-bond acceptors (Lipinski definition) is 3. The second-order valence-corrected chi connectivity index (χ2v) is 3.28. The molecule has 2 N–H and O–H groups in total. The van der Waals surface area contributed by atoms with Crippen molar-refractivity contribution in [1.29, 1.82) is 0 Å². The van der Waals surface area contributed by atoms with Gasteiger partial charge in [-0.05, 0) is 18.1 Å². The number of fused-ring (bicyclic) bond motifs is 1. The van der Waals surface area contributed by atoms with E-state index in [4.69, 9.17) is 5.90 Å². The Labute approximate surface area is 82.2 Å². The van der Waals surface area contributed by atoms with Crippen LogP contribution in [0.2, 0.25) is 0 Å². The molecule has 0 bridgehead atoms. The van der Waals surface area contributed by atoms with Crippen molar-refractivity contribution in [2.24, 2.45) is 12.9 Å². The number of aryl methyl sites for hydroxylation is 1. The average Bonchev–Trinajstić information content (AvgIpc) is 2.57. The van der Waals surface area contributed by atoms with Gasteiger partial charge in [0.2, 0.25) is 0 Å². The molecule has 4 heteroatoms. The summed E-state index contributed by atoms with van der Waals surface area (Å²) in [4.78, 5) is 4.55. The van der Waals surface area contributed by atoms with Gasteiger partial charge in [-0.15, -0.1) is 0 Å². The Morgan fingerprint density at radius 3 is 3.14 bits per heavy atom. The minimum atomic E-state index is 0.545. The molecule has 0 aliphatic heterocycles. The van der Waals surface area contributed by atoms with Gasteiger partial charge in [0.25, 0.3) is 0 Å². The predicted molar refractivity (Wildman–Crippen MR) is 54.6 cm³/mol. The molecule has 1 aromatic heterocycles. The second kappa shape index (κ2) is 3.77. The Bertz CT molecular complexity index is 436. The number of nitrogens with two attached hydrogens (primary N) is 1. The van der Waals surface area contributed by atoms with Crippen LogP contribution in [0.5, 0.6) is 0 Å². The van der Waals surface area contributed by atoms with Crippen LogP contribution in [0.4, 0.5) is 0 Å². The number of nitrogens with zero attached hydrogens (tertiary/aromatic N) is 2. The van der Waals surface area contributed by atoms with E-state index in [1.165, 1.54) is 5.56 Å². The van der Waals surface area contributed by atoms with Gasteiger partial charge in [-0.25, -0.2) is 5.90 Å². The lowest BCUT2D eigenvalue weighted by molar-refractivity contribution is 0.141. The summed E-state index contributed by atoms with van der Waals surface area (Å²) < 4.78 is 1.86. The van der Waals surface area contributed by atoms with Gasteiger partial charge < -0.3 is 4.84 Å². The molecule has 1 heterocycles. The lowest BCUT2D eigenvalue weighted by Gasteiger charge is -2.00. The topological polar surface area (TPSA) is 53.1 Å². The van der Waals surface area contributed by atoms with Crippen molar-refractivity contribution >= 4 is 10.9 Å². The Balaban J connectivity index is 2.34. The third kappa shape index (κ3) is 1.62. The summed E-state index contributed by atoms with van der Waals surface area (Å²) in [7, 11) is 1.94. The van der Waals surface area contributed by atoms with Crippen molar-refractivity contribution in [3.05, 3.63) is 30.0 Å². The first-order valence-corrected chi connectivity index (χ1v) is 4.53. The molecule has 1 aromatic carbocycles. The van der Waals surface area contributed by atoms with Crippen LogP contribution in [-0.4, -0.2) is 16.4 Å². The predicted octanol–water partition coefficient (Wildman–Crippen LogP) is 1.01. The zero-order valence-corrected chi connectivity index (χ0v) is 8.10. The fourth-order valence-corrected chi connectivity index (χ4v) is 1.52. The second-order valence-electron chi connectivity index (χ2n) is 3.28. The van der Waals surface area contributed by atoms with E-state index < -0.39 is 0 Å². The summed E-state index contributed by atoms with van der Waals surface area (Å²) in [5.41, 5.74) is 2.35. The highest BCUT2D eigenvalue weighted by Gasteiger charge is 2.00. The normalized spacial score (nSPS) is 11.0. The van der Waals surface area contributed by atoms with Gasteiger partial charge in [0.1, 0.15) is 0 Å². The molecule has 0 unspecified atom stereocenters. The smallest absolute Gasteiger partial charge is 0.0719 e. The maximum atomic E-state index is 4.98. The van der Waals surface area contributed by atoms with Gasteiger partial charge in [0.05, 0.1) is 18.3 Å². The molecule has 0 fully saturated rings. The highest BCUT2D eigenvalue weighted by atomic mass is 16.6. The molecular weight excluding hydrogens is 178 g/mol. The fourth-order valence-electron chi connectivity index (χ4n) is 1.52. The molecule has 4 nitrogen and oxygen atoms in total. The van der Waals surface area contributed by atoms with Gasteiger partial charge in [0.15, 0.2) is 0 Å². The zero-order chi connectivity index (χ0) is 9.97. The van der Waals surface area contributed by atoms with Crippen molar-refractivity contribution in [2.45, 2.75) is 6.42 Å². The Morgan fingerprint density at radius 2 is 2.36 bits per heavy atom. The highest BCUT2D eigenvalue weighted by Crippen LogP contribution is 2.14.